The minimum atomic E-state index is -1.56. The Balaban J connectivity index is -0.000000120. The van der Waals surface area contributed by atoms with Crippen molar-refractivity contribution in [3.8, 4) is 0 Å². The van der Waals surface area contributed by atoms with Crippen molar-refractivity contribution in [3.63, 3.8) is 0 Å². The number of rotatable bonds is 37. The van der Waals surface area contributed by atoms with Crippen LogP contribution in [-0.2, 0) is 172 Å². The topological polar surface area (TPSA) is 602 Å². The van der Waals surface area contributed by atoms with E-state index in [1.54, 1.807) is 72.8 Å². The van der Waals surface area contributed by atoms with Crippen molar-refractivity contribution in [3.05, 3.63) is 153 Å². The fourth-order valence-corrected chi connectivity index (χ4v) is 6.92. The van der Waals surface area contributed by atoms with Crippen molar-refractivity contribution >= 4 is 47.8 Å². The monoisotopic (exact) mass is 1640 g/mol. The fraction of sp³-hybridized carbons (Fsp3) is 0.594. The molecule has 4 aromatic heterocycles. The summed E-state index contributed by atoms with van der Waals surface area (Å²) in [6.45, 7) is 16.6. The number of hydrogen-bond acceptors (Lipinski definition) is 16. The van der Waals surface area contributed by atoms with Crippen LogP contribution in [0, 0.1) is 0 Å². The van der Waals surface area contributed by atoms with E-state index in [2.05, 4.69) is 61.5 Å². The summed E-state index contributed by atoms with van der Waals surface area (Å²) in [6.07, 6.45) is 23.9. The molecule has 596 valence electrons. The van der Waals surface area contributed by atoms with E-state index in [1.807, 2.05) is 0 Å². The van der Waals surface area contributed by atoms with Crippen LogP contribution in [0.5, 0.6) is 0 Å². The third kappa shape index (κ3) is 119. The van der Waals surface area contributed by atoms with Gasteiger partial charge in [-0.15, -0.1) is 0 Å². The van der Waals surface area contributed by atoms with Gasteiger partial charge < -0.3 is 75.3 Å². The molecule has 0 aliphatic carbocycles. The molecule has 0 saturated heterocycles. The Morgan fingerprint density at radius 2 is 0.371 bits per heavy atom. The molecule has 0 aromatic carbocycles. The number of carboxylic acids is 8. The van der Waals surface area contributed by atoms with Gasteiger partial charge in [-0.3, -0.25) is 58.3 Å². The van der Waals surface area contributed by atoms with Crippen LogP contribution in [0.3, 0.4) is 0 Å². The molecule has 36 heteroatoms. The second-order valence-corrected chi connectivity index (χ2v) is 21.5. The number of nitrogens with one attached hydrogen (secondary N) is 6. The zero-order valence-electron chi connectivity index (χ0n) is 61.6. The van der Waals surface area contributed by atoms with Crippen molar-refractivity contribution in [2.45, 2.75) is 228 Å². The third-order valence-corrected chi connectivity index (χ3v) is 11.5. The number of hydrogen-bond donors (Lipinski definition) is 10. The summed E-state index contributed by atoms with van der Waals surface area (Å²) >= 11 is -1.00. The van der Waals surface area contributed by atoms with Crippen LogP contribution >= 0.6 is 0 Å². The molecule has 0 fully saturated rings. The van der Waals surface area contributed by atoms with Gasteiger partial charge in [0.05, 0.1) is 96.9 Å². The van der Waals surface area contributed by atoms with Crippen LogP contribution in [-0.4, -0.2) is 156 Å². The van der Waals surface area contributed by atoms with Crippen LogP contribution in [0.2, 0.25) is 0 Å². The van der Waals surface area contributed by atoms with Crippen LogP contribution < -0.4 is 0 Å². The van der Waals surface area contributed by atoms with Gasteiger partial charge in [0, 0.05) is 0 Å². The molecule has 4 aromatic rings. The number of unbranched alkanes of at least 4 members (excludes halogenated alkanes) is 15. The van der Waals surface area contributed by atoms with Crippen LogP contribution in [0.25, 0.3) is 34.4 Å². The molecular formula is C69H116N10O22V4-2. The second-order valence-electron chi connectivity index (χ2n) is 21.0. The van der Waals surface area contributed by atoms with Gasteiger partial charge in [-0.05, 0) is 48.5 Å². The van der Waals surface area contributed by atoms with E-state index in [4.69, 9.17) is 98.0 Å². The molecule has 0 aliphatic rings. The first-order valence-corrected chi connectivity index (χ1v) is 37.4. The molecule has 0 saturated carbocycles. The molecule has 0 aliphatic heterocycles. The first-order chi connectivity index (χ1) is 50.1. The number of carbonyl (C=O) groups is 8. The first kappa shape index (κ1) is 120. The Morgan fingerprint density at radius 1 is 0.267 bits per heavy atom. The standard InChI is InChI=1S/4C9H9NO4.3C6H14N.3C5H12N.2H2O.4O.4V/c4*11-8(12)4-6-2-1-3-7(10-6)5-9(13)14;3*1-2-3-4-5-6-7;3*1-2-3-4-5-6;;;;;;;;;;/h4*1-3H,4-5H2,(H,11,12)(H,13,14);3*7H,2-6H2,1H3;3*6H,2-5H2,1H3;2*1H2;;;;;;;;/q;;;;6*-1;;;;;;;2*+1;2*+2/p-2. The molecule has 0 atom stereocenters. The average molecular weight is 1640 g/mol. The van der Waals surface area contributed by atoms with Crippen LogP contribution in [0.1, 0.15) is 222 Å². The predicted molar refractivity (Wildman–Crippen MR) is 381 cm³/mol. The summed E-state index contributed by atoms with van der Waals surface area (Å²) in [5.74, 6) is -7.85. The fourth-order valence-electron chi connectivity index (χ4n) is 6.92. The SMILES string of the molecule is CCCCCC[NH-].CCCCCC[NH-].CCCCCC[NH-].CCCCC[NH-].CCCCC[NH-].CCCCC[NH-].O=C(O)Cc1cccc(CC(=O)O)n1.O=C(O)Cc1cccc(CC(=O)O)n1.O=C(O)Cc1cccc(CC(=O)O)n1.O=C(O)Cc1cccc(CC(=O)O)n1.[O]=[V+2].[O]=[V+2].[O]=[V][OH].[O]=[V][OH]. The molecule has 4 heterocycles. The van der Waals surface area contributed by atoms with Crippen molar-refractivity contribution in [2.24, 2.45) is 0 Å². The molecule has 0 unspecified atom stereocenters. The van der Waals surface area contributed by atoms with E-state index < -0.39 is 80.9 Å². The van der Waals surface area contributed by atoms with Gasteiger partial charge in [0.1, 0.15) is 0 Å². The summed E-state index contributed by atoms with van der Waals surface area (Å²) in [4.78, 5) is 98.3. The first-order valence-electron chi connectivity index (χ1n) is 33.8. The average Bonchev–Trinajstić information content (AvgIpc) is 0.928. The predicted octanol–water partition coefficient (Wildman–Crippen LogP) is 14.3. The molecule has 16 N–H and O–H groups in total. The quantitative estimate of drug-likeness (QED) is 0.0187. The van der Waals surface area contributed by atoms with E-state index in [0.717, 1.165) is 73.3 Å². The summed E-state index contributed by atoms with van der Waals surface area (Å²) in [5, 5.41) is 67.9. The van der Waals surface area contributed by atoms with Gasteiger partial charge >= 0.3 is 138 Å². The Bertz CT molecular complexity index is 2220. The van der Waals surface area contributed by atoms with Gasteiger partial charge in [0.25, 0.3) is 0 Å². The van der Waals surface area contributed by atoms with Crippen LogP contribution in [0.4, 0.5) is 0 Å². The van der Waals surface area contributed by atoms with E-state index >= 15 is 0 Å². The van der Waals surface area contributed by atoms with Crippen molar-refractivity contribution in [1.82, 2.24) is 19.9 Å². The minimum absolute atomic E-state index is 0.187. The van der Waals surface area contributed by atoms with Gasteiger partial charge in [-0.2, -0.15) is 39.3 Å². The number of pyridine rings is 4. The Kier molecular flexibility index (Phi) is 116. The molecule has 105 heavy (non-hydrogen) atoms. The number of aromatic nitrogens is 4. The maximum atomic E-state index is 10.3. The molecule has 32 nitrogen and oxygen atoms in total. The molecule has 4 rings (SSSR count). The zero-order chi connectivity index (χ0) is 82.7. The number of carboxylic acid groups (broad SMARTS) is 8. The summed E-state index contributed by atoms with van der Waals surface area (Å²) in [7, 11) is 0. The van der Waals surface area contributed by atoms with E-state index in [1.165, 1.54) is 96.3 Å². The Hall–Kier alpha value is -6.42. The number of nitrogens with zero attached hydrogens (tertiary/aromatic N) is 4. The van der Waals surface area contributed by atoms with Crippen molar-refractivity contribution < 1.29 is 170 Å². The van der Waals surface area contributed by atoms with Gasteiger partial charge in [-0.1, -0.05) is 201 Å². The summed E-state index contributed by atoms with van der Waals surface area (Å²) < 4.78 is 47.8. The van der Waals surface area contributed by atoms with Crippen LogP contribution in [0.15, 0.2) is 72.8 Å². The second kappa shape index (κ2) is 102. The normalized spacial score (nSPS) is 8.97. The van der Waals surface area contributed by atoms with Crippen molar-refractivity contribution in [2.75, 3.05) is 39.3 Å². The zero-order valence-corrected chi connectivity index (χ0v) is 67.2. The Labute approximate surface area is 653 Å². The molecule has 0 bridgehead atoms. The molecular weight excluding hydrogens is 1520 g/mol. The van der Waals surface area contributed by atoms with Crippen molar-refractivity contribution in [1.29, 1.82) is 0 Å². The van der Waals surface area contributed by atoms with E-state index in [-0.39, 0.29) is 51.4 Å². The van der Waals surface area contributed by atoms with Gasteiger partial charge in [-0.25, -0.2) is 0 Å². The Morgan fingerprint density at radius 3 is 0.457 bits per heavy atom. The molecule has 0 amide bonds. The molecule has 0 spiro atoms. The summed E-state index contributed by atoms with van der Waals surface area (Å²) in [5.41, 5.74) is 43.4. The molecule has 0 radical (unpaired) electrons. The van der Waals surface area contributed by atoms with E-state index in [9.17, 15) is 38.4 Å². The maximum absolute atomic E-state index is 10.3. The van der Waals surface area contributed by atoms with Gasteiger partial charge in [0.2, 0.25) is 0 Å². The van der Waals surface area contributed by atoms with Gasteiger partial charge in [0.15, 0.2) is 0 Å². The third-order valence-electron chi connectivity index (χ3n) is 11.5. The summed E-state index contributed by atoms with van der Waals surface area (Å²) in [6, 6.07) is 18.8. The van der Waals surface area contributed by atoms with E-state index in [0.29, 0.717) is 84.8 Å². The number of aliphatic carboxylic acids is 8.